The van der Waals surface area contributed by atoms with Crippen molar-refractivity contribution in [3.8, 4) is 5.75 Å². The fourth-order valence-electron chi connectivity index (χ4n) is 1.69. The Labute approximate surface area is 88.0 Å². The van der Waals surface area contributed by atoms with Crippen LogP contribution in [0.1, 0.15) is 18.1 Å². The summed E-state index contributed by atoms with van der Waals surface area (Å²) in [5.74, 6) is 0.334. The third kappa shape index (κ3) is 1.45. The Hall–Kier alpha value is -1.61. The lowest BCUT2D eigenvalue weighted by molar-refractivity contribution is -0.131. The quantitative estimate of drug-likeness (QED) is 0.754. The first-order valence-corrected chi connectivity index (χ1v) is 4.69. The Morgan fingerprint density at radius 3 is 2.73 bits per heavy atom. The van der Waals surface area contributed by atoms with Gasteiger partial charge in [-0.25, -0.2) is 0 Å². The van der Waals surface area contributed by atoms with Crippen molar-refractivity contribution >= 4 is 11.9 Å². The second kappa shape index (κ2) is 3.21. The fourth-order valence-corrected chi connectivity index (χ4v) is 1.69. The van der Waals surface area contributed by atoms with Gasteiger partial charge in [0, 0.05) is 5.56 Å². The predicted molar refractivity (Wildman–Crippen MR) is 56.6 cm³/mol. The molecule has 0 radical (unpaired) electrons. The van der Waals surface area contributed by atoms with E-state index < -0.39 is 5.60 Å². The first-order chi connectivity index (χ1) is 7.05. The summed E-state index contributed by atoms with van der Waals surface area (Å²) in [7, 11) is 1.55. The lowest BCUT2D eigenvalue weighted by atomic mass is 9.83. The van der Waals surface area contributed by atoms with E-state index >= 15 is 0 Å². The third-order valence-corrected chi connectivity index (χ3v) is 2.68. The molecule has 1 aliphatic carbocycles. The van der Waals surface area contributed by atoms with Gasteiger partial charge in [-0.2, -0.15) is 0 Å². The minimum Gasteiger partial charge on any atom is -0.497 e. The highest BCUT2D eigenvalue weighted by Crippen LogP contribution is 2.33. The van der Waals surface area contributed by atoms with Gasteiger partial charge >= 0.3 is 0 Å². The molecule has 0 amide bonds. The van der Waals surface area contributed by atoms with Crippen LogP contribution in [-0.4, -0.2) is 18.0 Å². The van der Waals surface area contributed by atoms with Crippen LogP contribution in [0.25, 0.3) is 6.08 Å². The highest BCUT2D eigenvalue weighted by atomic mass is 16.5. The number of ketones is 1. The molecule has 0 heterocycles. The van der Waals surface area contributed by atoms with Gasteiger partial charge in [-0.15, -0.1) is 0 Å². The number of rotatable bonds is 1. The zero-order chi connectivity index (χ0) is 11.1. The summed E-state index contributed by atoms with van der Waals surface area (Å²) in [6.45, 7) is 1.50. The largest absolute Gasteiger partial charge is 0.497 e. The maximum atomic E-state index is 11.5. The molecule has 0 saturated carbocycles. The van der Waals surface area contributed by atoms with E-state index in [1.807, 2.05) is 6.07 Å². The van der Waals surface area contributed by atoms with E-state index in [9.17, 15) is 9.90 Å². The molecule has 3 heteroatoms. The zero-order valence-electron chi connectivity index (χ0n) is 8.65. The highest BCUT2D eigenvalue weighted by molar-refractivity contribution is 6.03. The van der Waals surface area contributed by atoms with Crippen molar-refractivity contribution in [1.29, 1.82) is 0 Å². The molecule has 15 heavy (non-hydrogen) atoms. The van der Waals surface area contributed by atoms with Crippen LogP contribution < -0.4 is 4.74 Å². The van der Waals surface area contributed by atoms with E-state index in [4.69, 9.17) is 4.74 Å². The molecule has 1 aromatic rings. The summed E-state index contributed by atoms with van der Waals surface area (Å²) in [6, 6.07) is 5.32. The summed E-state index contributed by atoms with van der Waals surface area (Å²) in [4.78, 5) is 11.5. The van der Waals surface area contributed by atoms with Gasteiger partial charge in [0.2, 0.25) is 0 Å². The molecular formula is C12H12O3. The normalized spacial score (nSPS) is 23.8. The summed E-state index contributed by atoms with van der Waals surface area (Å²) in [5.41, 5.74) is -0.00623. The number of methoxy groups -OCH3 is 1. The van der Waals surface area contributed by atoms with Gasteiger partial charge in [-0.05, 0) is 30.7 Å². The number of carbonyl (C=O) groups is 1. The van der Waals surface area contributed by atoms with Gasteiger partial charge in [0.25, 0.3) is 0 Å². The third-order valence-electron chi connectivity index (χ3n) is 2.68. The van der Waals surface area contributed by atoms with Crippen LogP contribution in [0, 0.1) is 0 Å². The highest BCUT2D eigenvalue weighted by Gasteiger charge is 2.34. The monoisotopic (exact) mass is 204 g/mol. The van der Waals surface area contributed by atoms with Crippen molar-refractivity contribution in [3.05, 3.63) is 35.4 Å². The minimum absolute atomic E-state index is 0.303. The molecule has 78 valence electrons. The molecule has 1 N–H and O–H groups in total. The van der Waals surface area contributed by atoms with Crippen molar-refractivity contribution in [3.63, 3.8) is 0 Å². The van der Waals surface area contributed by atoms with Crippen LogP contribution in [-0.2, 0) is 10.4 Å². The Balaban J connectivity index is 2.63. The van der Waals surface area contributed by atoms with Crippen LogP contribution in [0.3, 0.4) is 0 Å². The van der Waals surface area contributed by atoms with Crippen molar-refractivity contribution < 1.29 is 14.6 Å². The SMILES string of the molecule is COc1ccc2c(c1)[C@](C)(O)C(=O)C=C2. The summed E-state index contributed by atoms with van der Waals surface area (Å²) >= 11 is 0. The molecule has 0 fully saturated rings. The molecule has 2 rings (SSSR count). The van der Waals surface area contributed by atoms with Crippen LogP contribution in [0.4, 0.5) is 0 Å². The molecule has 0 aliphatic heterocycles. The van der Waals surface area contributed by atoms with Crippen molar-refractivity contribution in [2.75, 3.05) is 7.11 Å². The number of aliphatic hydroxyl groups is 1. The molecular weight excluding hydrogens is 192 g/mol. The summed E-state index contributed by atoms with van der Waals surface area (Å²) < 4.78 is 5.06. The molecule has 0 unspecified atom stereocenters. The van der Waals surface area contributed by atoms with Crippen LogP contribution in [0.15, 0.2) is 24.3 Å². The number of hydrogen-bond acceptors (Lipinski definition) is 3. The minimum atomic E-state index is -1.45. The van der Waals surface area contributed by atoms with E-state index in [1.54, 1.807) is 25.3 Å². The van der Waals surface area contributed by atoms with Crippen molar-refractivity contribution in [2.45, 2.75) is 12.5 Å². The van der Waals surface area contributed by atoms with E-state index in [-0.39, 0.29) is 5.78 Å². The second-order valence-electron chi connectivity index (χ2n) is 3.72. The van der Waals surface area contributed by atoms with Crippen LogP contribution >= 0.6 is 0 Å². The molecule has 1 aliphatic rings. The summed E-state index contributed by atoms with van der Waals surface area (Å²) in [6.07, 6.45) is 3.10. The summed E-state index contributed by atoms with van der Waals surface area (Å²) in [5, 5.41) is 10.1. The number of hydrogen-bond donors (Lipinski definition) is 1. The van der Waals surface area contributed by atoms with E-state index in [2.05, 4.69) is 0 Å². The van der Waals surface area contributed by atoms with E-state index in [0.717, 1.165) is 5.56 Å². The van der Waals surface area contributed by atoms with Gasteiger partial charge in [0.1, 0.15) is 11.4 Å². The molecule has 1 atom stereocenters. The molecule has 0 saturated heterocycles. The average molecular weight is 204 g/mol. The lowest BCUT2D eigenvalue weighted by Crippen LogP contribution is -2.33. The van der Waals surface area contributed by atoms with Crippen molar-refractivity contribution in [1.82, 2.24) is 0 Å². The molecule has 0 bridgehead atoms. The molecule has 1 aromatic carbocycles. The number of ether oxygens (including phenoxy) is 1. The maximum Gasteiger partial charge on any atom is 0.191 e. The van der Waals surface area contributed by atoms with E-state index in [0.29, 0.717) is 11.3 Å². The zero-order valence-corrected chi connectivity index (χ0v) is 8.65. The fraction of sp³-hybridized carbons (Fsp3) is 0.250. The van der Waals surface area contributed by atoms with E-state index in [1.165, 1.54) is 13.0 Å². The predicted octanol–water partition coefficient (Wildman–Crippen LogP) is 1.50. The average Bonchev–Trinajstić information content (AvgIpc) is 2.24. The van der Waals surface area contributed by atoms with Gasteiger partial charge in [0.15, 0.2) is 5.78 Å². The lowest BCUT2D eigenvalue weighted by Gasteiger charge is -2.26. The van der Waals surface area contributed by atoms with Crippen LogP contribution in [0.2, 0.25) is 0 Å². The smallest absolute Gasteiger partial charge is 0.191 e. The van der Waals surface area contributed by atoms with Gasteiger partial charge in [0.05, 0.1) is 7.11 Å². The Morgan fingerprint density at radius 1 is 1.33 bits per heavy atom. The molecule has 0 aromatic heterocycles. The Kier molecular flexibility index (Phi) is 2.12. The number of benzene rings is 1. The van der Waals surface area contributed by atoms with Crippen molar-refractivity contribution in [2.24, 2.45) is 0 Å². The maximum absolute atomic E-state index is 11.5. The van der Waals surface area contributed by atoms with Gasteiger partial charge < -0.3 is 9.84 Å². The standard InChI is InChI=1S/C12H12O3/c1-12(14)10-7-9(15-2)5-3-8(10)4-6-11(12)13/h3-7,14H,1-2H3/t12-/m0/s1. The number of fused-ring (bicyclic) bond motifs is 1. The second-order valence-corrected chi connectivity index (χ2v) is 3.72. The molecule has 0 spiro atoms. The van der Waals surface area contributed by atoms with Gasteiger partial charge in [-0.3, -0.25) is 4.79 Å². The van der Waals surface area contributed by atoms with Crippen LogP contribution in [0.5, 0.6) is 5.75 Å². The molecule has 3 nitrogen and oxygen atoms in total. The topological polar surface area (TPSA) is 46.5 Å². The number of carbonyl (C=O) groups excluding carboxylic acids is 1. The van der Waals surface area contributed by atoms with Gasteiger partial charge in [-0.1, -0.05) is 12.1 Å². The Morgan fingerprint density at radius 2 is 2.07 bits per heavy atom. The Bertz CT molecular complexity index is 444. The first-order valence-electron chi connectivity index (χ1n) is 4.69. The first kappa shape index (κ1) is 9.93.